The molecule has 3 rings (SSSR count). The zero-order chi connectivity index (χ0) is 16.4. The predicted octanol–water partition coefficient (Wildman–Crippen LogP) is 2.43. The Morgan fingerprint density at radius 1 is 1.09 bits per heavy atom. The summed E-state index contributed by atoms with van der Waals surface area (Å²) in [5.74, 6) is -1.02. The van der Waals surface area contributed by atoms with Gasteiger partial charge < -0.3 is 0 Å². The molecule has 3 aromatic rings. The number of hydrogen-bond acceptors (Lipinski definition) is 5. The van der Waals surface area contributed by atoms with Gasteiger partial charge in [0.1, 0.15) is 11.5 Å². The van der Waals surface area contributed by atoms with Gasteiger partial charge in [-0.25, -0.2) is 12.8 Å². The summed E-state index contributed by atoms with van der Waals surface area (Å²) in [6.45, 7) is 0. The number of para-hydroxylation sites is 1. The van der Waals surface area contributed by atoms with Crippen molar-refractivity contribution in [3.05, 3.63) is 64.9 Å². The zero-order valence-electron chi connectivity index (χ0n) is 11.6. The molecule has 1 heterocycles. The first kappa shape index (κ1) is 15.6. The lowest BCUT2D eigenvalue weighted by molar-refractivity contribution is 0.569. The summed E-state index contributed by atoms with van der Waals surface area (Å²) in [6, 6.07) is 12.2. The second-order valence-corrected chi connectivity index (χ2v) is 6.97. The van der Waals surface area contributed by atoms with E-state index in [-0.39, 0.29) is 11.4 Å². The van der Waals surface area contributed by atoms with Crippen LogP contribution in [-0.4, -0.2) is 28.6 Å². The van der Waals surface area contributed by atoms with Crippen LogP contribution in [0.25, 0.3) is 5.69 Å². The van der Waals surface area contributed by atoms with Gasteiger partial charge in [-0.1, -0.05) is 47.0 Å². The van der Waals surface area contributed by atoms with Crippen LogP contribution in [0, 0.1) is 5.82 Å². The second-order valence-electron chi connectivity index (χ2n) is 4.68. The van der Waals surface area contributed by atoms with E-state index in [1.54, 1.807) is 30.3 Å². The van der Waals surface area contributed by atoms with E-state index in [4.69, 9.17) is 11.6 Å². The number of rotatable bonds is 4. The van der Waals surface area contributed by atoms with E-state index < -0.39 is 20.8 Å². The minimum atomic E-state index is -3.91. The normalized spacial score (nSPS) is 11.6. The van der Waals surface area contributed by atoms with Gasteiger partial charge in [0.05, 0.1) is 5.75 Å². The van der Waals surface area contributed by atoms with Gasteiger partial charge in [0, 0.05) is 5.02 Å². The van der Waals surface area contributed by atoms with Gasteiger partial charge >= 0.3 is 0 Å². The van der Waals surface area contributed by atoms with Crippen LogP contribution in [0.5, 0.6) is 0 Å². The molecular weight excluding hydrogens is 343 g/mol. The summed E-state index contributed by atoms with van der Waals surface area (Å²) in [7, 11) is -3.91. The SMILES string of the molecule is O=S(=O)(Cc1ccccc1Cl)c1nnnn1-c1ccccc1F. The van der Waals surface area contributed by atoms with Crippen molar-refractivity contribution in [2.75, 3.05) is 0 Å². The van der Waals surface area contributed by atoms with Crippen LogP contribution in [0.3, 0.4) is 0 Å². The number of hydrogen-bond donors (Lipinski definition) is 0. The Hall–Kier alpha value is -2.32. The highest BCUT2D eigenvalue weighted by Gasteiger charge is 2.26. The van der Waals surface area contributed by atoms with Crippen molar-refractivity contribution < 1.29 is 12.8 Å². The van der Waals surface area contributed by atoms with E-state index in [9.17, 15) is 12.8 Å². The molecule has 0 fully saturated rings. The summed E-state index contributed by atoms with van der Waals surface area (Å²) in [5.41, 5.74) is 0.368. The van der Waals surface area contributed by atoms with Gasteiger partial charge in [0.15, 0.2) is 0 Å². The Morgan fingerprint density at radius 2 is 1.78 bits per heavy atom. The highest BCUT2D eigenvalue weighted by atomic mass is 35.5. The fraction of sp³-hybridized carbons (Fsp3) is 0.0714. The number of nitrogens with zero attached hydrogens (tertiary/aromatic N) is 4. The first-order valence-electron chi connectivity index (χ1n) is 6.48. The first-order valence-corrected chi connectivity index (χ1v) is 8.51. The Bertz CT molecular complexity index is 959. The van der Waals surface area contributed by atoms with Crippen LogP contribution >= 0.6 is 11.6 Å². The van der Waals surface area contributed by atoms with E-state index in [0.29, 0.717) is 10.6 Å². The number of sulfone groups is 1. The lowest BCUT2D eigenvalue weighted by atomic mass is 10.2. The highest BCUT2D eigenvalue weighted by Crippen LogP contribution is 2.22. The second kappa shape index (κ2) is 6.05. The third kappa shape index (κ3) is 3.08. The summed E-state index contributed by atoms with van der Waals surface area (Å²) >= 11 is 5.99. The number of benzene rings is 2. The molecule has 1 aromatic heterocycles. The molecule has 0 N–H and O–H groups in total. The highest BCUT2D eigenvalue weighted by molar-refractivity contribution is 7.90. The van der Waals surface area contributed by atoms with Gasteiger partial charge in [0.2, 0.25) is 9.84 Å². The monoisotopic (exact) mass is 352 g/mol. The maximum absolute atomic E-state index is 13.9. The minimum Gasteiger partial charge on any atom is -0.220 e. The average Bonchev–Trinajstić information content (AvgIpc) is 3.00. The minimum absolute atomic E-state index is 0.0461. The fourth-order valence-corrected chi connectivity index (χ4v) is 3.66. The van der Waals surface area contributed by atoms with Crippen molar-refractivity contribution >= 4 is 21.4 Å². The molecule has 0 unspecified atom stereocenters. The van der Waals surface area contributed by atoms with Crippen molar-refractivity contribution in [2.45, 2.75) is 10.9 Å². The van der Waals surface area contributed by atoms with Crippen LogP contribution in [-0.2, 0) is 15.6 Å². The molecule has 23 heavy (non-hydrogen) atoms. The van der Waals surface area contributed by atoms with Crippen LogP contribution in [0.2, 0.25) is 5.02 Å². The van der Waals surface area contributed by atoms with Crippen molar-refractivity contribution in [3.8, 4) is 5.69 Å². The summed E-state index contributed by atoms with van der Waals surface area (Å²) in [4.78, 5) is 0. The van der Waals surface area contributed by atoms with Crippen LogP contribution < -0.4 is 0 Å². The summed E-state index contributed by atoms with van der Waals surface area (Å²) < 4.78 is 39.9. The molecule has 0 atom stereocenters. The largest absolute Gasteiger partial charge is 0.272 e. The van der Waals surface area contributed by atoms with Crippen molar-refractivity contribution in [2.24, 2.45) is 0 Å². The molecule has 0 bridgehead atoms. The summed E-state index contributed by atoms with van der Waals surface area (Å²) in [5, 5.41) is 10.3. The van der Waals surface area contributed by atoms with E-state index in [1.807, 2.05) is 0 Å². The maximum atomic E-state index is 13.9. The standard InChI is InChI=1S/C14H10ClFN4O2S/c15-11-6-2-1-5-10(11)9-23(21,22)14-17-18-19-20(14)13-8-4-3-7-12(13)16/h1-8H,9H2. The zero-order valence-corrected chi connectivity index (χ0v) is 13.2. The van der Waals surface area contributed by atoms with Gasteiger partial charge in [-0.3, -0.25) is 0 Å². The van der Waals surface area contributed by atoms with E-state index in [2.05, 4.69) is 15.5 Å². The number of halogens is 2. The molecule has 9 heteroatoms. The van der Waals surface area contributed by atoms with E-state index in [1.165, 1.54) is 18.2 Å². The molecular formula is C14H10ClFN4O2S. The molecule has 118 valence electrons. The van der Waals surface area contributed by atoms with Crippen molar-refractivity contribution in [1.29, 1.82) is 0 Å². The number of tetrazole rings is 1. The van der Waals surface area contributed by atoms with Gasteiger partial charge in [0.25, 0.3) is 5.16 Å². The molecule has 2 aromatic carbocycles. The molecule has 6 nitrogen and oxygen atoms in total. The molecule has 0 saturated heterocycles. The fourth-order valence-electron chi connectivity index (χ4n) is 2.03. The predicted molar refractivity (Wildman–Crippen MR) is 81.5 cm³/mol. The van der Waals surface area contributed by atoms with Crippen molar-refractivity contribution in [1.82, 2.24) is 20.2 Å². The van der Waals surface area contributed by atoms with E-state index >= 15 is 0 Å². The quantitative estimate of drug-likeness (QED) is 0.720. The van der Waals surface area contributed by atoms with Crippen LogP contribution in [0.1, 0.15) is 5.56 Å². The molecule has 0 aliphatic rings. The van der Waals surface area contributed by atoms with Crippen molar-refractivity contribution in [3.63, 3.8) is 0 Å². The molecule has 0 aliphatic heterocycles. The lowest BCUT2D eigenvalue weighted by Gasteiger charge is -2.07. The summed E-state index contributed by atoms with van der Waals surface area (Å²) in [6.07, 6.45) is 0. The Balaban J connectivity index is 2.05. The van der Waals surface area contributed by atoms with Gasteiger partial charge in [-0.05, 0) is 34.2 Å². The van der Waals surface area contributed by atoms with Gasteiger partial charge in [-0.15, -0.1) is 0 Å². The molecule has 0 saturated carbocycles. The molecule has 0 spiro atoms. The van der Waals surface area contributed by atoms with Crippen LogP contribution in [0.15, 0.2) is 53.7 Å². The van der Waals surface area contributed by atoms with Gasteiger partial charge in [-0.2, -0.15) is 4.68 Å². The third-order valence-corrected chi connectivity index (χ3v) is 4.97. The molecule has 0 radical (unpaired) electrons. The molecule has 0 aliphatic carbocycles. The Kier molecular flexibility index (Phi) is 4.10. The van der Waals surface area contributed by atoms with Crippen LogP contribution in [0.4, 0.5) is 4.39 Å². The third-order valence-electron chi connectivity index (χ3n) is 3.10. The first-order chi connectivity index (χ1) is 11.0. The Labute approximate surface area is 136 Å². The molecule has 0 amide bonds. The van der Waals surface area contributed by atoms with E-state index in [0.717, 1.165) is 4.68 Å². The topological polar surface area (TPSA) is 77.7 Å². The average molecular weight is 353 g/mol. The lowest BCUT2D eigenvalue weighted by Crippen LogP contribution is -2.14. The maximum Gasteiger partial charge on any atom is 0.272 e. The number of aromatic nitrogens is 4. The smallest absolute Gasteiger partial charge is 0.220 e. The Morgan fingerprint density at radius 3 is 2.52 bits per heavy atom.